The Morgan fingerprint density at radius 3 is 2.28 bits per heavy atom. The van der Waals surface area contributed by atoms with Crippen LogP contribution in [0, 0.1) is 29.4 Å². The van der Waals surface area contributed by atoms with Gasteiger partial charge in [-0.3, -0.25) is 0 Å². The molecule has 2 aliphatic carbocycles. The smallest absolute Gasteiger partial charge is 0.200 e. The lowest BCUT2D eigenvalue weighted by molar-refractivity contribution is 0.297. The number of unbranched alkanes of at least 4 members (excludes halogenated alkanes) is 1. The highest BCUT2D eigenvalue weighted by Crippen LogP contribution is 2.40. The van der Waals surface area contributed by atoms with Gasteiger partial charge in [-0.25, -0.2) is 4.39 Å². The highest BCUT2D eigenvalue weighted by molar-refractivity contribution is 5.33. The Kier molecular flexibility index (Phi) is 8.56. The Bertz CT molecular complexity index is 653. The molecule has 3 heteroatoms. The predicted molar refractivity (Wildman–Crippen MR) is 116 cm³/mol. The van der Waals surface area contributed by atoms with E-state index in [0.29, 0.717) is 5.56 Å². The molecule has 1 aromatic carbocycles. The summed E-state index contributed by atoms with van der Waals surface area (Å²) in [6.45, 7) is 2.32. The molecule has 0 atom stereocenters. The molecule has 3 rings (SSSR count). The van der Waals surface area contributed by atoms with Gasteiger partial charge in [0.05, 0.1) is 7.11 Å². The molecule has 0 aromatic heterocycles. The summed E-state index contributed by atoms with van der Waals surface area (Å²) >= 11 is 0. The quantitative estimate of drug-likeness (QED) is 0.313. The van der Waals surface area contributed by atoms with Gasteiger partial charge in [0.1, 0.15) is 0 Å². The van der Waals surface area contributed by atoms with Crippen molar-refractivity contribution >= 4 is 0 Å². The van der Waals surface area contributed by atoms with Crippen LogP contribution in [0.25, 0.3) is 0 Å². The van der Waals surface area contributed by atoms with Gasteiger partial charge < -0.3 is 4.74 Å². The van der Waals surface area contributed by atoms with E-state index >= 15 is 0 Å². The van der Waals surface area contributed by atoms with Gasteiger partial charge >= 0.3 is 0 Å². The van der Waals surface area contributed by atoms with Crippen molar-refractivity contribution in [2.45, 2.75) is 89.9 Å². The summed E-state index contributed by atoms with van der Waals surface area (Å²) in [4.78, 5) is 0. The number of hydrogen-bond donors (Lipinski definition) is 0. The third-order valence-electron chi connectivity index (χ3n) is 7.44. The summed E-state index contributed by atoms with van der Waals surface area (Å²) in [5.41, 5.74) is 0.530. The summed E-state index contributed by atoms with van der Waals surface area (Å²) in [6.07, 6.45) is 19.7. The van der Waals surface area contributed by atoms with Gasteiger partial charge in [0.25, 0.3) is 0 Å². The zero-order valence-electron chi connectivity index (χ0n) is 18.3. The van der Waals surface area contributed by atoms with E-state index in [1.54, 1.807) is 12.1 Å². The van der Waals surface area contributed by atoms with Crippen LogP contribution >= 0.6 is 0 Å². The molecule has 0 amide bonds. The number of halogens is 2. The van der Waals surface area contributed by atoms with Gasteiger partial charge in [0.2, 0.25) is 5.82 Å². The lowest BCUT2D eigenvalue weighted by Crippen LogP contribution is -2.15. The SMILES string of the molecule is CCC1CCC(/C=C/CCCC2CCC(c3ccc(OC)c(F)c3F)CC2)CC1. The zero-order chi connectivity index (χ0) is 20.6. The van der Waals surface area contributed by atoms with Crippen LogP contribution in [0.2, 0.25) is 0 Å². The average molecular weight is 405 g/mol. The highest BCUT2D eigenvalue weighted by atomic mass is 19.2. The molecule has 1 aromatic rings. The highest BCUT2D eigenvalue weighted by Gasteiger charge is 2.26. The van der Waals surface area contributed by atoms with Gasteiger partial charge in [0, 0.05) is 0 Å². The number of methoxy groups -OCH3 is 1. The second-order valence-electron chi connectivity index (χ2n) is 9.25. The monoisotopic (exact) mass is 404 g/mol. The molecule has 0 spiro atoms. The number of benzene rings is 1. The van der Waals surface area contributed by atoms with Gasteiger partial charge in [-0.2, -0.15) is 4.39 Å². The van der Waals surface area contributed by atoms with Crippen LogP contribution in [0.1, 0.15) is 95.5 Å². The van der Waals surface area contributed by atoms with E-state index < -0.39 is 11.6 Å². The minimum Gasteiger partial charge on any atom is -0.494 e. The molecule has 0 radical (unpaired) electrons. The van der Waals surface area contributed by atoms with Crippen molar-refractivity contribution in [1.29, 1.82) is 0 Å². The summed E-state index contributed by atoms with van der Waals surface area (Å²) in [6, 6.07) is 3.27. The Hall–Kier alpha value is -1.38. The van der Waals surface area contributed by atoms with Gasteiger partial charge in [-0.1, -0.05) is 38.0 Å². The van der Waals surface area contributed by atoms with Gasteiger partial charge in [-0.05, 0) is 99.5 Å². The zero-order valence-corrected chi connectivity index (χ0v) is 18.3. The Morgan fingerprint density at radius 2 is 1.62 bits per heavy atom. The van der Waals surface area contributed by atoms with E-state index in [-0.39, 0.29) is 11.7 Å². The predicted octanol–water partition coefficient (Wildman–Crippen LogP) is 8.19. The van der Waals surface area contributed by atoms with Crippen LogP contribution in [0.5, 0.6) is 5.75 Å². The molecule has 0 unspecified atom stereocenters. The Morgan fingerprint density at radius 1 is 0.931 bits per heavy atom. The fraction of sp³-hybridized carbons (Fsp3) is 0.692. The number of allylic oxidation sites excluding steroid dienone is 2. The fourth-order valence-electron chi connectivity index (χ4n) is 5.38. The van der Waals surface area contributed by atoms with Crippen molar-refractivity contribution in [3.8, 4) is 5.75 Å². The molecule has 0 N–H and O–H groups in total. The molecule has 0 aliphatic heterocycles. The molecule has 2 fully saturated rings. The molecular formula is C26H38F2O. The van der Waals surface area contributed by atoms with E-state index in [2.05, 4.69) is 19.1 Å². The van der Waals surface area contributed by atoms with Crippen LogP contribution in [0.15, 0.2) is 24.3 Å². The first kappa shape index (κ1) is 22.3. The molecule has 1 nitrogen and oxygen atoms in total. The van der Waals surface area contributed by atoms with Gasteiger partial charge in [-0.15, -0.1) is 0 Å². The second-order valence-corrected chi connectivity index (χ2v) is 9.25. The maximum absolute atomic E-state index is 14.4. The lowest BCUT2D eigenvalue weighted by atomic mass is 9.77. The molecule has 29 heavy (non-hydrogen) atoms. The molecule has 2 aliphatic rings. The van der Waals surface area contributed by atoms with E-state index in [1.165, 1.54) is 58.5 Å². The topological polar surface area (TPSA) is 9.23 Å². The normalized spacial score (nSPS) is 28.0. The van der Waals surface area contributed by atoms with Crippen LogP contribution in [0.4, 0.5) is 8.78 Å². The number of hydrogen-bond acceptors (Lipinski definition) is 1. The summed E-state index contributed by atoms with van der Waals surface area (Å²) in [7, 11) is 1.37. The van der Waals surface area contributed by atoms with Crippen LogP contribution in [0.3, 0.4) is 0 Å². The lowest BCUT2D eigenvalue weighted by Gasteiger charge is -2.29. The largest absolute Gasteiger partial charge is 0.494 e. The van der Waals surface area contributed by atoms with Crippen molar-refractivity contribution in [3.05, 3.63) is 41.5 Å². The van der Waals surface area contributed by atoms with Crippen molar-refractivity contribution in [3.63, 3.8) is 0 Å². The third-order valence-corrected chi connectivity index (χ3v) is 7.44. The van der Waals surface area contributed by atoms with Crippen LogP contribution < -0.4 is 4.74 Å². The first-order valence-corrected chi connectivity index (χ1v) is 11.8. The maximum Gasteiger partial charge on any atom is 0.200 e. The van der Waals surface area contributed by atoms with Crippen molar-refractivity contribution in [2.24, 2.45) is 17.8 Å². The average Bonchev–Trinajstić information content (AvgIpc) is 2.76. The standard InChI is InChI=1S/C26H38F2O/c1-3-19-9-11-20(12-10-19)7-5-4-6-8-21-13-15-22(16-14-21)23-17-18-24(29-2)26(28)25(23)27/h5,7,17-22H,3-4,6,8-16H2,1-2H3/b7-5+. The van der Waals surface area contributed by atoms with E-state index in [1.807, 2.05) is 0 Å². The van der Waals surface area contributed by atoms with Crippen molar-refractivity contribution in [2.75, 3.05) is 7.11 Å². The first-order valence-electron chi connectivity index (χ1n) is 11.8. The molecule has 0 saturated heterocycles. The van der Waals surface area contributed by atoms with Crippen molar-refractivity contribution < 1.29 is 13.5 Å². The second kappa shape index (κ2) is 11.1. The molecule has 162 valence electrons. The minimum absolute atomic E-state index is 0.00796. The van der Waals surface area contributed by atoms with E-state index in [4.69, 9.17) is 4.74 Å². The molecule has 0 bridgehead atoms. The Labute approximate surface area is 175 Å². The first-order chi connectivity index (χ1) is 14.1. The summed E-state index contributed by atoms with van der Waals surface area (Å²) < 4.78 is 33.2. The molecule has 0 heterocycles. The maximum atomic E-state index is 14.4. The molecule has 2 saturated carbocycles. The summed E-state index contributed by atoms with van der Waals surface area (Å²) in [5, 5.41) is 0. The third kappa shape index (κ3) is 6.06. The van der Waals surface area contributed by atoms with Crippen LogP contribution in [-0.4, -0.2) is 7.11 Å². The summed E-state index contributed by atoms with van der Waals surface area (Å²) in [5.74, 6) is 1.10. The van der Waals surface area contributed by atoms with Crippen molar-refractivity contribution in [1.82, 2.24) is 0 Å². The molecular weight excluding hydrogens is 366 g/mol. The van der Waals surface area contributed by atoms with Crippen LogP contribution in [-0.2, 0) is 0 Å². The fourth-order valence-corrected chi connectivity index (χ4v) is 5.38. The number of rotatable bonds is 8. The number of ether oxygens (including phenoxy) is 1. The Balaban J connectivity index is 1.35. The van der Waals surface area contributed by atoms with E-state index in [9.17, 15) is 8.78 Å². The van der Waals surface area contributed by atoms with E-state index in [0.717, 1.165) is 43.4 Å². The van der Waals surface area contributed by atoms with Gasteiger partial charge in [0.15, 0.2) is 11.6 Å². The minimum atomic E-state index is -0.845.